The second-order valence-corrected chi connectivity index (χ2v) is 8.27. The van der Waals surface area contributed by atoms with Crippen molar-refractivity contribution in [3.05, 3.63) is 78.4 Å². The third-order valence-electron chi connectivity index (χ3n) is 5.28. The van der Waals surface area contributed by atoms with Crippen LogP contribution in [0.25, 0.3) is 11.4 Å². The molecule has 0 spiro atoms. The zero-order valence-corrected chi connectivity index (χ0v) is 19.9. The van der Waals surface area contributed by atoms with Crippen LogP contribution in [0.2, 0.25) is 0 Å². The summed E-state index contributed by atoms with van der Waals surface area (Å²) in [5.41, 5.74) is 0.929. The van der Waals surface area contributed by atoms with Crippen molar-refractivity contribution in [1.82, 2.24) is 25.3 Å². The van der Waals surface area contributed by atoms with Crippen LogP contribution in [0, 0.1) is 0 Å². The van der Waals surface area contributed by atoms with Gasteiger partial charge in [-0.2, -0.15) is 0 Å². The van der Waals surface area contributed by atoms with Crippen molar-refractivity contribution < 1.29 is 18.8 Å². The molecule has 0 aliphatic carbocycles. The molecule has 184 valence electrons. The third kappa shape index (κ3) is 5.39. The maximum atomic E-state index is 12.9. The van der Waals surface area contributed by atoms with E-state index in [1.165, 1.54) is 13.3 Å². The quantitative estimate of drug-likeness (QED) is 0.290. The van der Waals surface area contributed by atoms with Crippen LogP contribution in [-0.4, -0.2) is 45.0 Å². The van der Waals surface area contributed by atoms with E-state index in [1.54, 1.807) is 74.9 Å². The predicted octanol–water partition coefficient (Wildman–Crippen LogP) is 4.02. The molecule has 3 heterocycles. The number of nitrogens with one attached hydrogen (secondary N) is 3. The van der Waals surface area contributed by atoms with Gasteiger partial charge in [-0.1, -0.05) is 12.1 Å². The van der Waals surface area contributed by atoms with E-state index in [1.807, 2.05) is 5.32 Å². The fourth-order valence-corrected chi connectivity index (χ4v) is 3.45. The molecule has 0 bridgehead atoms. The highest BCUT2D eigenvalue weighted by Gasteiger charge is 2.18. The van der Waals surface area contributed by atoms with Crippen LogP contribution in [0.1, 0.15) is 33.9 Å². The van der Waals surface area contributed by atoms with E-state index >= 15 is 0 Å². The van der Waals surface area contributed by atoms with E-state index in [-0.39, 0.29) is 11.3 Å². The Hall–Kier alpha value is -4.57. The van der Waals surface area contributed by atoms with Crippen LogP contribution in [0.4, 0.5) is 23.0 Å². The minimum absolute atomic E-state index is 0.00886. The van der Waals surface area contributed by atoms with Crippen molar-refractivity contribution >= 4 is 28.9 Å². The van der Waals surface area contributed by atoms with Gasteiger partial charge in [0, 0.05) is 47.5 Å². The molecule has 0 aliphatic heterocycles. The number of hydrogen-bond acceptors (Lipinski definition) is 9. The largest absolute Gasteiger partial charge is 0.494 e. The second kappa shape index (κ2) is 10.4. The van der Waals surface area contributed by atoms with Crippen molar-refractivity contribution in [2.75, 3.05) is 24.7 Å². The number of para-hydroxylation sites is 1. The Kier molecular flexibility index (Phi) is 5.98. The van der Waals surface area contributed by atoms with Gasteiger partial charge in [-0.25, -0.2) is 19.9 Å². The lowest BCUT2D eigenvalue weighted by atomic mass is 10.0. The molecule has 10 heteroatoms. The summed E-state index contributed by atoms with van der Waals surface area (Å²) < 4.78 is 27.9. The van der Waals surface area contributed by atoms with E-state index < -0.39 is 18.5 Å². The summed E-state index contributed by atoms with van der Waals surface area (Å²) in [5.74, 6) is 0.790. The Labute approximate surface area is 213 Å². The van der Waals surface area contributed by atoms with Crippen LogP contribution in [0.3, 0.4) is 0 Å². The van der Waals surface area contributed by atoms with Gasteiger partial charge in [0.25, 0.3) is 5.91 Å². The predicted molar refractivity (Wildman–Crippen MR) is 138 cm³/mol. The SMILES string of the molecule is [2H]C([2H])([2H])NC(=O)c1cnc(Nc2ccc(C(C)(C)O)cn2)cc1Nc1cccc(-c2ncccn2)c1OC. The normalized spacial score (nSPS) is 12.6. The average Bonchev–Trinajstić information content (AvgIpc) is 2.88. The first-order chi connectivity index (χ1) is 18.4. The maximum Gasteiger partial charge on any atom is 0.254 e. The summed E-state index contributed by atoms with van der Waals surface area (Å²) in [7, 11) is 1.50. The highest BCUT2D eigenvalue weighted by atomic mass is 16.5. The van der Waals surface area contributed by atoms with Gasteiger partial charge in [0.05, 0.1) is 35.2 Å². The standard InChI is InChI=1S/C26H27N7O3/c1-26(2,35)16-9-10-21(30-14-16)33-22-13-20(18(15-31-22)25(34)27-3)32-19-8-5-7-17(23(19)36-4)24-28-11-6-12-29-24/h5-15,35H,1-4H3,(H,27,34)(H2,30,31,32,33)/i3D3. The second-order valence-electron chi connectivity index (χ2n) is 8.27. The minimum Gasteiger partial charge on any atom is -0.494 e. The number of pyridine rings is 2. The number of aromatic nitrogens is 4. The number of carbonyl (C=O) groups is 1. The molecule has 0 saturated carbocycles. The van der Waals surface area contributed by atoms with E-state index in [0.29, 0.717) is 40.0 Å². The molecular formula is C26H27N7O3. The molecular weight excluding hydrogens is 458 g/mol. The smallest absolute Gasteiger partial charge is 0.254 e. The number of aliphatic hydroxyl groups is 1. The molecule has 0 unspecified atom stereocenters. The summed E-state index contributed by atoms with van der Waals surface area (Å²) in [5, 5.41) is 18.4. The van der Waals surface area contributed by atoms with Gasteiger partial charge in [-0.05, 0) is 38.1 Å². The number of anilines is 4. The Morgan fingerprint density at radius 3 is 2.42 bits per heavy atom. The first-order valence-corrected chi connectivity index (χ1v) is 10.9. The first-order valence-electron chi connectivity index (χ1n) is 12.4. The molecule has 1 aromatic carbocycles. The molecule has 1 amide bonds. The third-order valence-corrected chi connectivity index (χ3v) is 5.28. The van der Waals surface area contributed by atoms with Gasteiger partial charge in [0.15, 0.2) is 11.6 Å². The number of methoxy groups -OCH3 is 1. The van der Waals surface area contributed by atoms with Gasteiger partial charge in [-0.15, -0.1) is 0 Å². The lowest BCUT2D eigenvalue weighted by Crippen LogP contribution is -2.19. The Bertz CT molecular complexity index is 1460. The van der Waals surface area contributed by atoms with E-state index in [0.717, 1.165) is 0 Å². The minimum atomic E-state index is -2.69. The Balaban J connectivity index is 1.72. The molecule has 0 fully saturated rings. The highest BCUT2D eigenvalue weighted by Crippen LogP contribution is 2.37. The number of amides is 1. The fraction of sp³-hybridized carbons (Fsp3) is 0.192. The van der Waals surface area contributed by atoms with Crippen LogP contribution in [0.15, 0.2) is 67.3 Å². The lowest BCUT2D eigenvalue weighted by molar-refractivity contribution is 0.0782. The Morgan fingerprint density at radius 2 is 1.75 bits per heavy atom. The first kappa shape index (κ1) is 20.8. The number of ether oxygens (including phenoxy) is 1. The van der Waals surface area contributed by atoms with Gasteiger partial charge in [0.2, 0.25) is 0 Å². The summed E-state index contributed by atoms with van der Waals surface area (Å²) >= 11 is 0. The van der Waals surface area contributed by atoms with Gasteiger partial charge >= 0.3 is 0 Å². The number of hydrogen-bond donors (Lipinski definition) is 4. The molecule has 4 rings (SSSR count). The highest BCUT2D eigenvalue weighted by molar-refractivity contribution is 6.00. The molecule has 10 nitrogen and oxygen atoms in total. The van der Waals surface area contributed by atoms with Gasteiger partial charge in [0.1, 0.15) is 11.6 Å². The van der Waals surface area contributed by atoms with Gasteiger partial charge in [-0.3, -0.25) is 4.79 Å². The molecule has 4 aromatic rings. The summed E-state index contributed by atoms with van der Waals surface area (Å²) in [6.07, 6.45) is 6.03. The number of rotatable bonds is 8. The fourth-order valence-electron chi connectivity index (χ4n) is 3.45. The van der Waals surface area contributed by atoms with Crippen molar-refractivity contribution in [2.24, 2.45) is 0 Å². The Morgan fingerprint density at radius 1 is 0.972 bits per heavy atom. The maximum absolute atomic E-state index is 12.9. The molecule has 0 radical (unpaired) electrons. The number of carbonyl (C=O) groups excluding carboxylic acids is 1. The average molecular weight is 489 g/mol. The summed E-state index contributed by atoms with van der Waals surface area (Å²) in [6.45, 7) is 0.624. The molecule has 0 saturated heterocycles. The molecule has 0 atom stereocenters. The van der Waals surface area contributed by atoms with Crippen molar-refractivity contribution in [3.63, 3.8) is 0 Å². The van der Waals surface area contributed by atoms with E-state index in [9.17, 15) is 9.90 Å². The zero-order valence-electron chi connectivity index (χ0n) is 22.9. The summed E-state index contributed by atoms with van der Waals surface area (Å²) in [6, 6.07) is 12.0. The number of benzene rings is 1. The molecule has 36 heavy (non-hydrogen) atoms. The van der Waals surface area contributed by atoms with Crippen LogP contribution >= 0.6 is 0 Å². The van der Waals surface area contributed by atoms with Gasteiger partial charge < -0.3 is 25.8 Å². The van der Waals surface area contributed by atoms with Crippen LogP contribution in [0.5, 0.6) is 5.75 Å². The molecule has 0 aliphatic rings. The van der Waals surface area contributed by atoms with E-state index in [4.69, 9.17) is 8.85 Å². The summed E-state index contributed by atoms with van der Waals surface area (Å²) in [4.78, 5) is 30.0. The number of nitrogens with zero attached hydrogens (tertiary/aromatic N) is 4. The van der Waals surface area contributed by atoms with E-state index in [2.05, 4.69) is 30.6 Å². The lowest BCUT2D eigenvalue weighted by Gasteiger charge is -2.18. The van der Waals surface area contributed by atoms with Crippen molar-refractivity contribution in [2.45, 2.75) is 19.4 Å². The monoisotopic (exact) mass is 488 g/mol. The van der Waals surface area contributed by atoms with Crippen LogP contribution in [-0.2, 0) is 5.60 Å². The van der Waals surface area contributed by atoms with Crippen molar-refractivity contribution in [3.8, 4) is 17.1 Å². The topological polar surface area (TPSA) is 134 Å². The zero-order chi connectivity index (χ0) is 28.2. The van der Waals surface area contributed by atoms with Crippen molar-refractivity contribution in [1.29, 1.82) is 0 Å². The van der Waals surface area contributed by atoms with Crippen LogP contribution < -0.4 is 20.7 Å². The molecule has 4 N–H and O–H groups in total. The molecule has 3 aromatic heterocycles.